The van der Waals surface area contributed by atoms with Gasteiger partial charge in [-0.05, 0) is 24.1 Å². The number of nitrogens with zero attached hydrogens (tertiary/aromatic N) is 1. The smallest absolute Gasteiger partial charge is 0.406 e. The average molecular weight is 257 g/mol. The van der Waals surface area contributed by atoms with Crippen LogP contribution in [0.2, 0.25) is 0 Å². The molecule has 1 aliphatic heterocycles. The molecule has 1 aromatic carbocycles. The minimum atomic E-state index is -4.72. The van der Waals surface area contributed by atoms with Crippen molar-refractivity contribution in [1.29, 1.82) is 5.26 Å². The molecule has 0 aliphatic carbocycles. The van der Waals surface area contributed by atoms with E-state index in [0.717, 1.165) is 0 Å². The van der Waals surface area contributed by atoms with Crippen molar-refractivity contribution in [2.45, 2.75) is 18.9 Å². The molecule has 0 saturated carbocycles. The third-order valence-electron chi connectivity index (χ3n) is 2.68. The van der Waals surface area contributed by atoms with E-state index in [1.165, 1.54) is 18.2 Å². The van der Waals surface area contributed by atoms with Gasteiger partial charge < -0.3 is 9.47 Å². The van der Waals surface area contributed by atoms with Gasteiger partial charge in [-0.15, -0.1) is 13.2 Å². The molecule has 0 spiro atoms. The first-order valence-corrected chi connectivity index (χ1v) is 5.36. The molecule has 3 nitrogen and oxygen atoms in total. The molecule has 0 radical (unpaired) electrons. The Labute approximate surface area is 102 Å². The number of hydrogen-bond acceptors (Lipinski definition) is 3. The Morgan fingerprint density at radius 3 is 2.83 bits per heavy atom. The SMILES string of the molecule is N#CC1CCOC1c1cccc(OC(F)(F)F)c1. The largest absolute Gasteiger partial charge is 0.573 e. The molecule has 1 fully saturated rings. The third kappa shape index (κ3) is 2.93. The Kier molecular flexibility index (Phi) is 3.43. The molecule has 0 N–H and O–H groups in total. The summed E-state index contributed by atoms with van der Waals surface area (Å²) in [5.74, 6) is -0.627. The van der Waals surface area contributed by atoms with Crippen LogP contribution in [-0.2, 0) is 4.74 Å². The third-order valence-corrected chi connectivity index (χ3v) is 2.68. The molecule has 2 rings (SSSR count). The summed E-state index contributed by atoms with van der Waals surface area (Å²) in [6, 6.07) is 7.64. The van der Waals surface area contributed by atoms with Crippen LogP contribution < -0.4 is 4.74 Å². The fourth-order valence-electron chi connectivity index (χ4n) is 1.94. The highest BCUT2D eigenvalue weighted by Crippen LogP contribution is 2.35. The highest BCUT2D eigenvalue weighted by Gasteiger charge is 2.33. The lowest BCUT2D eigenvalue weighted by Gasteiger charge is -2.15. The fraction of sp³-hybridized carbons (Fsp3) is 0.417. The topological polar surface area (TPSA) is 42.2 Å². The van der Waals surface area contributed by atoms with E-state index < -0.39 is 12.5 Å². The van der Waals surface area contributed by atoms with E-state index in [-0.39, 0.29) is 11.7 Å². The monoisotopic (exact) mass is 257 g/mol. The molecule has 96 valence electrons. The zero-order valence-electron chi connectivity index (χ0n) is 9.28. The van der Waals surface area contributed by atoms with Crippen LogP contribution >= 0.6 is 0 Å². The summed E-state index contributed by atoms with van der Waals surface area (Å²) in [4.78, 5) is 0. The number of ether oxygens (including phenoxy) is 2. The Balaban J connectivity index is 2.20. The second-order valence-corrected chi connectivity index (χ2v) is 3.94. The van der Waals surface area contributed by atoms with Gasteiger partial charge in [-0.1, -0.05) is 12.1 Å². The minimum Gasteiger partial charge on any atom is -0.406 e. The van der Waals surface area contributed by atoms with E-state index in [1.807, 2.05) is 0 Å². The van der Waals surface area contributed by atoms with Crippen molar-refractivity contribution in [3.8, 4) is 11.8 Å². The summed E-state index contributed by atoms with van der Waals surface area (Å²) in [6.07, 6.45) is -4.61. The van der Waals surface area contributed by atoms with E-state index >= 15 is 0 Å². The second-order valence-electron chi connectivity index (χ2n) is 3.94. The molecule has 1 aromatic rings. The van der Waals surface area contributed by atoms with Crippen molar-refractivity contribution in [3.63, 3.8) is 0 Å². The van der Waals surface area contributed by atoms with Gasteiger partial charge in [-0.2, -0.15) is 5.26 Å². The van der Waals surface area contributed by atoms with E-state index in [4.69, 9.17) is 10.00 Å². The van der Waals surface area contributed by atoms with Crippen LogP contribution in [0.15, 0.2) is 24.3 Å². The number of halogens is 3. The molecular formula is C12H10F3NO2. The van der Waals surface area contributed by atoms with Gasteiger partial charge in [0, 0.05) is 6.61 Å². The molecule has 2 unspecified atom stereocenters. The van der Waals surface area contributed by atoms with Gasteiger partial charge in [-0.25, -0.2) is 0 Å². The Hall–Kier alpha value is -1.74. The molecule has 2 atom stereocenters. The van der Waals surface area contributed by atoms with Crippen molar-refractivity contribution < 1.29 is 22.6 Å². The number of nitriles is 1. The van der Waals surface area contributed by atoms with Crippen LogP contribution in [-0.4, -0.2) is 13.0 Å². The van der Waals surface area contributed by atoms with Gasteiger partial charge in [0.25, 0.3) is 0 Å². The van der Waals surface area contributed by atoms with Gasteiger partial charge in [0.05, 0.1) is 18.1 Å². The maximum Gasteiger partial charge on any atom is 0.573 e. The first kappa shape index (κ1) is 12.7. The Bertz CT molecular complexity index is 467. The molecule has 18 heavy (non-hydrogen) atoms. The van der Waals surface area contributed by atoms with E-state index in [9.17, 15) is 13.2 Å². The van der Waals surface area contributed by atoms with Gasteiger partial charge in [0.1, 0.15) is 5.75 Å². The molecule has 0 bridgehead atoms. The van der Waals surface area contributed by atoms with Crippen molar-refractivity contribution in [3.05, 3.63) is 29.8 Å². The predicted octanol–water partition coefficient (Wildman–Crippen LogP) is 3.19. The van der Waals surface area contributed by atoms with Crippen LogP contribution in [0, 0.1) is 17.2 Å². The first-order valence-electron chi connectivity index (χ1n) is 5.36. The lowest BCUT2D eigenvalue weighted by atomic mass is 9.97. The maximum atomic E-state index is 12.1. The summed E-state index contributed by atoms with van der Waals surface area (Å²) < 4.78 is 45.5. The van der Waals surface area contributed by atoms with E-state index in [2.05, 4.69) is 10.8 Å². The van der Waals surface area contributed by atoms with Gasteiger partial charge in [0.2, 0.25) is 0 Å². The lowest BCUT2D eigenvalue weighted by molar-refractivity contribution is -0.274. The Morgan fingerprint density at radius 2 is 2.17 bits per heavy atom. The standard InChI is InChI=1S/C12H10F3NO2/c13-12(14,15)18-10-3-1-2-8(6-10)11-9(7-16)4-5-17-11/h1-3,6,9,11H,4-5H2. The van der Waals surface area contributed by atoms with Gasteiger partial charge in [-0.3, -0.25) is 0 Å². The van der Waals surface area contributed by atoms with Crippen molar-refractivity contribution in [2.75, 3.05) is 6.61 Å². The highest BCUT2D eigenvalue weighted by molar-refractivity contribution is 5.31. The van der Waals surface area contributed by atoms with Gasteiger partial charge >= 0.3 is 6.36 Å². The predicted molar refractivity (Wildman–Crippen MR) is 55.5 cm³/mol. The Morgan fingerprint density at radius 1 is 1.39 bits per heavy atom. The van der Waals surface area contributed by atoms with Crippen LogP contribution in [0.3, 0.4) is 0 Å². The van der Waals surface area contributed by atoms with Gasteiger partial charge in [0.15, 0.2) is 0 Å². The molecule has 0 aromatic heterocycles. The number of alkyl halides is 3. The van der Waals surface area contributed by atoms with E-state index in [1.54, 1.807) is 6.07 Å². The lowest BCUT2D eigenvalue weighted by Crippen LogP contribution is -2.17. The molecule has 1 aliphatic rings. The van der Waals surface area contributed by atoms with Crippen molar-refractivity contribution >= 4 is 0 Å². The summed E-state index contributed by atoms with van der Waals surface area (Å²) in [7, 11) is 0. The number of benzene rings is 1. The summed E-state index contributed by atoms with van der Waals surface area (Å²) >= 11 is 0. The fourth-order valence-corrected chi connectivity index (χ4v) is 1.94. The van der Waals surface area contributed by atoms with Crippen LogP contribution in [0.25, 0.3) is 0 Å². The molecule has 6 heteroatoms. The molecule has 0 amide bonds. The molecule has 1 saturated heterocycles. The zero-order chi connectivity index (χ0) is 13.2. The molecule has 1 heterocycles. The van der Waals surface area contributed by atoms with Crippen LogP contribution in [0.4, 0.5) is 13.2 Å². The summed E-state index contributed by atoms with van der Waals surface area (Å²) in [5.41, 5.74) is 0.529. The van der Waals surface area contributed by atoms with Crippen molar-refractivity contribution in [2.24, 2.45) is 5.92 Å². The highest BCUT2D eigenvalue weighted by atomic mass is 19.4. The van der Waals surface area contributed by atoms with Crippen molar-refractivity contribution in [1.82, 2.24) is 0 Å². The van der Waals surface area contributed by atoms with Crippen LogP contribution in [0.5, 0.6) is 5.75 Å². The minimum absolute atomic E-state index is 0.299. The molecular weight excluding hydrogens is 247 g/mol. The van der Waals surface area contributed by atoms with E-state index in [0.29, 0.717) is 18.6 Å². The second kappa shape index (κ2) is 4.86. The summed E-state index contributed by atoms with van der Waals surface area (Å²) in [5, 5.41) is 8.91. The first-order chi connectivity index (χ1) is 8.49. The summed E-state index contributed by atoms with van der Waals surface area (Å²) in [6.45, 7) is 0.438. The number of rotatable bonds is 2. The van der Waals surface area contributed by atoms with Crippen LogP contribution in [0.1, 0.15) is 18.1 Å². The zero-order valence-corrected chi connectivity index (χ0v) is 9.28. The number of hydrogen-bond donors (Lipinski definition) is 0. The average Bonchev–Trinajstić information content (AvgIpc) is 2.75. The maximum absolute atomic E-state index is 12.1. The normalized spacial score (nSPS) is 23.7. The quantitative estimate of drug-likeness (QED) is 0.817.